The molecule has 0 bridgehead atoms. The molecule has 0 saturated heterocycles. The second kappa shape index (κ2) is 5.71. The van der Waals surface area contributed by atoms with Crippen LogP contribution in [0.2, 0.25) is 0 Å². The number of nitrogens with one attached hydrogen (secondary N) is 2. The van der Waals surface area contributed by atoms with Gasteiger partial charge in [-0.2, -0.15) is 5.10 Å². The summed E-state index contributed by atoms with van der Waals surface area (Å²) in [6.45, 7) is 4.48. The van der Waals surface area contributed by atoms with Crippen LogP contribution in [0.5, 0.6) is 0 Å². The van der Waals surface area contributed by atoms with Crippen LogP contribution in [0.25, 0.3) is 10.9 Å². The van der Waals surface area contributed by atoms with Crippen LogP contribution >= 0.6 is 0 Å². The van der Waals surface area contributed by atoms with Crippen LogP contribution in [0.15, 0.2) is 24.4 Å². The second-order valence-corrected chi connectivity index (χ2v) is 4.56. The number of anilines is 1. The van der Waals surface area contributed by atoms with Crippen LogP contribution in [0.4, 0.5) is 5.69 Å². The lowest BCUT2D eigenvalue weighted by molar-refractivity contribution is 0.593. The van der Waals surface area contributed by atoms with E-state index in [4.69, 9.17) is 0 Å². The molecule has 3 heteroatoms. The molecule has 0 aliphatic rings. The molecule has 2 aromatic rings. The average Bonchev–Trinajstić information content (AvgIpc) is 2.81. The van der Waals surface area contributed by atoms with Crippen LogP contribution < -0.4 is 5.32 Å². The normalized spacial score (nSPS) is 12.8. The molecule has 92 valence electrons. The minimum absolute atomic E-state index is 0.583. The molecular weight excluding hydrogens is 210 g/mol. The van der Waals surface area contributed by atoms with Crippen molar-refractivity contribution >= 4 is 16.6 Å². The van der Waals surface area contributed by atoms with Gasteiger partial charge < -0.3 is 5.32 Å². The van der Waals surface area contributed by atoms with Crippen molar-refractivity contribution in [1.82, 2.24) is 10.2 Å². The van der Waals surface area contributed by atoms with E-state index in [9.17, 15) is 0 Å². The zero-order chi connectivity index (χ0) is 12.1. The third kappa shape index (κ3) is 2.99. The van der Waals surface area contributed by atoms with E-state index in [1.807, 2.05) is 6.20 Å². The molecule has 0 saturated carbocycles. The van der Waals surface area contributed by atoms with Crippen molar-refractivity contribution in [1.29, 1.82) is 0 Å². The number of unbranched alkanes of at least 4 members (excludes halogenated alkanes) is 1. The summed E-state index contributed by atoms with van der Waals surface area (Å²) in [4.78, 5) is 0. The maximum absolute atomic E-state index is 4.04. The standard InChI is InChI=1S/C14H21N3/c1-3-5-6-12(4-2)16-13-7-8-14-11(9-13)10-15-17-14/h7-10,12,16H,3-6H2,1-2H3,(H,15,17). The molecule has 1 aromatic carbocycles. The number of aromatic amines is 1. The van der Waals surface area contributed by atoms with Crippen molar-refractivity contribution in [2.45, 2.75) is 45.6 Å². The Morgan fingerprint density at radius 3 is 3.00 bits per heavy atom. The minimum Gasteiger partial charge on any atom is -0.382 e. The lowest BCUT2D eigenvalue weighted by Gasteiger charge is -2.18. The number of benzene rings is 1. The van der Waals surface area contributed by atoms with Crippen molar-refractivity contribution in [3.05, 3.63) is 24.4 Å². The third-order valence-electron chi connectivity index (χ3n) is 3.21. The van der Waals surface area contributed by atoms with Gasteiger partial charge in [0.1, 0.15) is 0 Å². The monoisotopic (exact) mass is 231 g/mol. The predicted molar refractivity (Wildman–Crippen MR) is 73.3 cm³/mol. The van der Waals surface area contributed by atoms with E-state index >= 15 is 0 Å². The number of nitrogens with zero attached hydrogens (tertiary/aromatic N) is 1. The van der Waals surface area contributed by atoms with Gasteiger partial charge in [-0.15, -0.1) is 0 Å². The van der Waals surface area contributed by atoms with Gasteiger partial charge >= 0.3 is 0 Å². The molecule has 1 heterocycles. The molecule has 1 atom stereocenters. The molecule has 0 aliphatic carbocycles. The molecule has 2 N–H and O–H groups in total. The van der Waals surface area contributed by atoms with E-state index in [-0.39, 0.29) is 0 Å². The van der Waals surface area contributed by atoms with Gasteiger partial charge in [0, 0.05) is 17.1 Å². The van der Waals surface area contributed by atoms with Crippen LogP contribution in [-0.2, 0) is 0 Å². The van der Waals surface area contributed by atoms with Gasteiger partial charge in [0.2, 0.25) is 0 Å². The lowest BCUT2D eigenvalue weighted by Crippen LogP contribution is -2.18. The largest absolute Gasteiger partial charge is 0.382 e. The summed E-state index contributed by atoms with van der Waals surface area (Å²) in [6, 6.07) is 6.94. The summed E-state index contributed by atoms with van der Waals surface area (Å²) in [6.07, 6.45) is 6.84. The van der Waals surface area contributed by atoms with Gasteiger partial charge in [-0.05, 0) is 31.0 Å². The van der Waals surface area contributed by atoms with E-state index in [0.717, 1.165) is 5.52 Å². The van der Waals surface area contributed by atoms with Crippen molar-refractivity contribution in [2.24, 2.45) is 0 Å². The Kier molecular flexibility index (Phi) is 4.02. The van der Waals surface area contributed by atoms with E-state index in [1.54, 1.807) is 0 Å². The first-order valence-electron chi connectivity index (χ1n) is 6.53. The van der Waals surface area contributed by atoms with E-state index in [1.165, 1.54) is 36.8 Å². The first-order valence-corrected chi connectivity index (χ1v) is 6.53. The second-order valence-electron chi connectivity index (χ2n) is 4.56. The smallest absolute Gasteiger partial charge is 0.0651 e. The van der Waals surface area contributed by atoms with Crippen LogP contribution in [0, 0.1) is 0 Å². The quantitative estimate of drug-likeness (QED) is 0.790. The van der Waals surface area contributed by atoms with E-state index in [0.29, 0.717) is 6.04 Å². The first-order chi connectivity index (χ1) is 8.33. The Morgan fingerprint density at radius 1 is 1.35 bits per heavy atom. The highest BCUT2D eigenvalue weighted by Crippen LogP contribution is 2.19. The summed E-state index contributed by atoms with van der Waals surface area (Å²) in [5.41, 5.74) is 2.29. The molecule has 0 aliphatic heterocycles. The zero-order valence-electron chi connectivity index (χ0n) is 10.7. The Bertz CT molecular complexity index is 461. The fourth-order valence-corrected chi connectivity index (χ4v) is 2.10. The van der Waals surface area contributed by atoms with Crippen molar-refractivity contribution in [3.8, 4) is 0 Å². The number of aromatic nitrogens is 2. The van der Waals surface area contributed by atoms with Crippen molar-refractivity contribution in [3.63, 3.8) is 0 Å². The molecule has 3 nitrogen and oxygen atoms in total. The molecule has 1 unspecified atom stereocenters. The summed E-state index contributed by atoms with van der Waals surface area (Å²) in [5.74, 6) is 0. The van der Waals surface area contributed by atoms with Crippen LogP contribution in [0.1, 0.15) is 39.5 Å². The first kappa shape index (κ1) is 12.0. The molecule has 0 fully saturated rings. The van der Waals surface area contributed by atoms with Crippen molar-refractivity contribution in [2.75, 3.05) is 5.32 Å². The van der Waals surface area contributed by atoms with Crippen molar-refractivity contribution < 1.29 is 0 Å². The van der Waals surface area contributed by atoms with Gasteiger partial charge in [-0.25, -0.2) is 0 Å². The molecule has 2 rings (SSSR count). The molecular formula is C14H21N3. The Hall–Kier alpha value is -1.51. The van der Waals surface area contributed by atoms with Gasteiger partial charge in [-0.1, -0.05) is 26.7 Å². The highest BCUT2D eigenvalue weighted by atomic mass is 15.1. The summed E-state index contributed by atoms with van der Waals surface area (Å²) in [7, 11) is 0. The molecule has 17 heavy (non-hydrogen) atoms. The fraction of sp³-hybridized carbons (Fsp3) is 0.500. The van der Waals surface area contributed by atoms with Crippen LogP contribution in [0.3, 0.4) is 0 Å². The van der Waals surface area contributed by atoms with Gasteiger partial charge in [0.05, 0.1) is 11.7 Å². The van der Waals surface area contributed by atoms with E-state index in [2.05, 4.69) is 47.6 Å². The third-order valence-corrected chi connectivity index (χ3v) is 3.21. The Balaban J connectivity index is 2.05. The average molecular weight is 231 g/mol. The number of H-pyrrole nitrogens is 1. The Morgan fingerprint density at radius 2 is 2.24 bits per heavy atom. The number of hydrogen-bond acceptors (Lipinski definition) is 2. The molecule has 1 aromatic heterocycles. The Labute approximate surface area is 103 Å². The topological polar surface area (TPSA) is 40.7 Å². The number of rotatable bonds is 6. The highest BCUT2D eigenvalue weighted by Gasteiger charge is 2.06. The van der Waals surface area contributed by atoms with Gasteiger partial charge in [0.25, 0.3) is 0 Å². The molecule has 0 amide bonds. The van der Waals surface area contributed by atoms with Gasteiger partial charge in [-0.3, -0.25) is 5.10 Å². The minimum atomic E-state index is 0.583. The van der Waals surface area contributed by atoms with E-state index < -0.39 is 0 Å². The zero-order valence-corrected chi connectivity index (χ0v) is 10.7. The fourth-order valence-electron chi connectivity index (χ4n) is 2.10. The maximum Gasteiger partial charge on any atom is 0.0651 e. The SMILES string of the molecule is CCCCC(CC)Nc1ccc2[nH]ncc2c1. The summed E-state index contributed by atoms with van der Waals surface area (Å²) < 4.78 is 0. The summed E-state index contributed by atoms with van der Waals surface area (Å²) in [5, 5.41) is 11.8. The predicted octanol–water partition coefficient (Wildman–Crippen LogP) is 3.94. The highest BCUT2D eigenvalue weighted by molar-refractivity contribution is 5.81. The molecule has 0 radical (unpaired) electrons. The number of hydrogen-bond donors (Lipinski definition) is 2. The maximum atomic E-state index is 4.04. The van der Waals surface area contributed by atoms with Gasteiger partial charge in [0.15, 0.2) is 0 Å². The number of fused-ring (bicyclic) bond motifs is 1. The lowest BCUT2D eigenvalue weighted by atomic mass is 10.1. The summed E-state index contributed by atoms with van der Waals surface area (Å²) >= 11 is 0. The van der Waals surface area contributed by atoms with Crippen LogP contribution in [-0.4, -0.2) is 16.2 Å². The molecule has 0 spiro atoms.